The fourth-order valence-corrected chi connectivity index (χ4v) is 9.44. The summed E-state index contributed by atoms with van der Waals surface area (Å²) in [5, 5.41) is 56.8. The number of aliphatic hydroxyl groups is 5. The van der Waals surface area contributed by atoms with Gasteiger partial charge in [0, 0.05) is 6.42 Å². The van der Waals surface area contributed by atoms with Gasteiger partial charge in [0.2, 0.25) is 5.91 Å². The molecule has 0 aromatic carbocycles. The number of nitrogens with one attached hydrogen (secondary N) is 1. The molecule has 0 aromatic heterocycles. The minimum Gasteiger partial charge on any atom is -0.454 e. The van der Waals surface area contributed by atoms with E-state index in [0.717, 1.165) is 51.4 Å². The van der Waals surface area contributed by atoms with Gasteiger partial charge >= 0.3 is 5.97 Å². The van der Waals surface area contributed by atoms with Crippen molar-refractivity contribution in [1.82, 2.24) is 5.32 Å². The minimum atomic E-state index is -1.63. The van der Waals surface area contributed by atoms with E-state index in [9.17, 15) is 35.1 Å². The Morgan fingerprint density at radius 2 is 0.948 bits per heavy atom. The van der Waals surface area contributed by atoms with Crippen LogP contribution in [-0.2, 0) is 23.8 Å². The van der Waals surface area contributed by atoms with Gasteiger partial charge in [0.15, 0.2) is 12.4 Å². The average Bonchev–Trinajstić information content (AvgIpc) is 3.43. The van der Waals surface area contributed by atoms with Crippen LogP contribution in [0.4, 0.5) is 0 Å². The Hall–Kier alpha value is -3.16. The molecular weight excluding hydrogens is 967 g/mol. The highest BCUT2D eigenvalue weighted by molar-refractivity contribution is 5.80. The number of unbranched alkanes of at least 4 members (excludes halogenated alkanes) is 30. The number of aliphatic hydroxyl groups excluding tert-OH is 5. The van der Waals surface area contributed by atoms with Crippen LogP contribution in [0.2, 0.25) is 0 Å². The molecule has 0 radical (unpaired) electrons. The summed E-state index contributed by atoms with van der Waals surface area (Å²) >= 11 is 0. The summed E-state index contributed by atoms with van der Waals surface area (Å²) in [5.74, 6) is -1.27. The molecular formula is C66H115NO10. The molecule has 0 spiro atoms. The molecule has 0 aliphatic carbocycles. The fraction of sp³-hybridized carbons (Fsp3) is 0.758. The standard InChI is InChI=1S/C66H115NO10/c1-4-7-10-13-16-19-22-25-26-27-28-29-30-31-32-33-34-36-39-42-45-48-51-54-61(71)77-64-63(73)62(72)60(55-68)76-66(64)75-56-57(58(69)52-49-46-43-40-38-35-23-20-17-14-11-8-5-2)67-65(74)59(70)53-50-47-44-41-37-24-21-18-15-12-9-6-3/h9,12,15,18,21,24-26,37,41,44,47,49,52,57-60,62-64,66,68-70,72-73H,4-8,10-11,13-14,16-17,19-20,22-23,27-36,38-40,42-43,45-46,48,50-51,53-56H2,1-3H3,(H,67,74)/b12-9+,18-15+,24-21-,26-25+,41-37-,47-44+,52-49+. The van der Waals surface area contributed by atoms with Gasteiger partial charge in [0.1, 0.15) is 24.4 Å². The number of hydrogen-bond acceptors (Lipinski definition) is 10. The van der Waals surface area contributed by atoms with Crippen LogP contribution in [0, 0.1) is 0 Å². The second kappa shape index (κ2) is 53.5. The van der Waals surface area contributed by atoms with Gasteiger partial charge in [-0.2, -0.15) is 0 Å². The molecule has 0 bridgehead atoms. The zero-order chi connectivity index (χ0) is 56.1. The summed E-state index contributed by atoms with van der Waals surface area (Å²) in [6.45, 7) is 5.59. The lowest BCUT2D eigenvalue weighted by atomic mass is 9.99. The average molecular weight is 1080 g/mol. The van der Waals surface area contributed by atoms with Crippen molar-refractivity contribution in [3.05, 3.63) is 85.1 Å². The van der Waals surface area contributed by atoms with Crippen LogP contribution >= 0.6 is 0 Å². The number of amides is 1. The summed E-state index contributed by atoms with van der Waals surface area (Å²) in [5.41, 5.74) is 0. The highest BCUT2D eigenvalue weighted by Crippen LogP contribution is 2.26. The predicted octanol–water partition coefficient (Wildman–Crippen LogP) is 14.9. The maximum absolute atomic E-state index is 13.3. The van der Waals surface area contributed by atoms with E-state index in [1.807, 2.05) is 60.8 Å². The zero-order valence-electron chi connectivity index (χ0n) is 49.1. The number of hydrogen-bond donors (Lipinski definition) is 6. The molecule has 444 valence electrons. The van der Waals surface area contributed by atoms with Crippen LogP contribution < -0.4 is 5.32 Å². The molecule has 1 saturated heterocycles. The monoisotopic (exact) mass is 1080 g/mol. The van der Waals surface area contributed by atoms with Gasteiger partial charge in [-0.05, 0) is 64.2 Å². The van der Waals surface area contributed by atoms with Crippen molar-refractivity contribution < 1.29 is 49.3 Å². The molecule has 1 aliphatic heterocycles. The molecule has 11 heteroatoms. The Kier molecular flexibility index (Phi) is 49.9. The maximum Gasteiger partial charge on any atom is 0.306 e. The normalized spacial score (nSPS) is 19.6. The van der Waals surface area contributed by atoms with E-state index < -0.39 is 67.4 Å². The molecule has 11 nitrogen and oxygen atoms in total. The van der Waals surface area contributed by atoms with Crippen molar-refractivity contribution >= 4 is 11.9 Å². The van der Waals surface area contributed by atoms with Crippen LogP contribution in [0.15, 0.2) is 85.1 Å². The number of ether oxygens (including phenoxy) is 3. The number of carbonyl (C=O) groups is 2. The smallest absolute Gasteiger partial charge is 0.306 e. The van der Waals surface area contributed by atoms with Gasteiger partial charge in [0.05, 0.1) is 25.4 Å². The number of esters is 1. The Labute approximate surface area is 470 Å². The minimum absolute atomic E-state index is 0.113. The molecule has 1 amide bonds. The van der Waals surface area contributed by atoms with Gasteiger partial charge in [-0.15, -0.1) is 0 Å². The van der Waals surface area contributed by atoms with Crippen LogP contribution in [0.3, 0.4) is 0 Å². The number of carbonyl (C=O) groups excluding carboxylic acids is 2. The first kappa shape index (κ1) is 71.9. The first-order valence-corrected chi connectivity index (χ1v) is 31.4. The van der Waals surface area contributed by atoms with Crippen molar-refractivity contribution in [1.29, 1.82) is 0 Å². The fourth-order valence-electron chi connectivity index (χ4n) is 9.44. The molecule has 8 atom stereocenters. The molecule has 1 heterocycles. The molecule has 77 heavy (non-hydrogen) atoms. The van der Waals surface area contributed by atoms with Gasteiger partial charge in [-0.3, -0.25) is 9.59 Å². The van der Waals surface area contributed by atoms with Crippen molar-refractivity contribution in [3.63, 3.8) is 0 Å². The lowest BCUT2D eigenvalue weighted by Crippen LogP contribution is -2.61. The van der Waals surface area contributed by atoms with Crippen LogP contribution in [0.1, 0.15) is 258 Å². The number of rotatable bonds is 52. The summed E-state index contributed by atoms with van der Waals surface area (Å²) < 4.78 is 17.6. The summed E-state index contributed by atoms with van der Waals surface area (Å²) in [6, 6.07) is -1.06. The van der Waals surface area contributed by atoms with Crippen molar-refractivity contribution in [3.8, 4) is 0 Å². The van der Waals surface area contributed by atoms with E-state index in [0.29, 0.717) is 12.8 Å². The molecule has 8 unspecified atom stereocenters. The third kappa shape index (κ3) is 41.5. The van der Waals surface area contributed by atoms with Gasteiger partial charge < -0.3 is 45.1 Å². The second-order valence-electron chi connectivity index (χ2n) is 21.5. The van der Waals surface area contributed by atoms with E-state index in [2.05, 4.69) is 44.3 Å². The highest BCUT2D eigenvalue weighted by atomic mass is 16.7. The third-order valence-electron chi connectivity index (χ3n) is 14.4. The molecule has 0 aromatic rings. The van der Waals surface area contributed by atoms with Gasteiger partial charge in [0.25, 0.3) is 0 Å². The molecule has 1 rings (SSSR count). The Morgan fingerprint density at radius 1 is 0.519 bits per heavy atom. The number of allylic oxidation sites excluding steroid dienone is 13. The van der Waals surface area contributed by atoms with Crippen molar-refractivity contribution in [2.45, 2.75) is 307 Å². The van der Waals surface area contributed by atoms with Crippen LogP contribution in [0.25, 0.3) is 0 Å². The van der Waals surface area contributed by atoms with Gasteiger partial charge in [-0.25, -0.2) is 0 Å². The lowest BCUT2D eigenvalue weighted by molar-refractivity contribution is -0.305. The lowest BCUT2D eigenvalue weighted by Gasteiger charge is -2.41. The van der Waals surface area contributed by atoms with E-state index in [1.54, 1.807) is 6.08 Å². The predicted molar refractivity (Wildman–Crippen MR) is 319 cm³/mol. The first-order valence-electron chi connectivity index (χ1n) is 31.4. The summed E-state index contributed by atoms with van der Waals surface area (Å²) in [6.07, 6.45) is 59.4. The van der Waals surface area contributed by atoms with E-state index in [-0.39, 0.29) is 19.4 Å². The maximum atomic E-state index is 13.3. The van der Waals surface area contributed by atoms with Crippen LogP contribution in [-0.4, -0.2) is 99.6 Å². The third-order valence-corrected chi connectivity index (χ3v) is 14.4. The van der Waals surface area contributed by atoms with Crippen molar-refractivity contribution in [2.75, 3.05) is 13.2 Å². The van der Waals surface area contributed by atoms with Gasteiger partial charge in [-0.1, -0.05) is 273 Å². The Bertz CT molecular complexity index is 1570. The van der Waals surface area contributed by atoms with E-state index >= 15 is 0 Å². The molecule has 1 fully saturated rings. The summed E-state index contributed by atoms with van der Waals surface area (Å²) in [7, 11) is 0. The Balaban J connectivity index is 2.65. The SMILES string of the molecule is CC/C=C/C=C/C=C\C=C/C=C/CCC(O)C(=O)NC(COC1OC(CO)C(O)C(O)C1OC(=O)CCCCCCCCCCCCCCC/C=C/CCCCCCCC)C(O)/C=C/CCCCCCCCCCCCC. The van der Waals surface area contributed by atoms with E-state index in [1.165, 1.54) is 161 Å². The molecule has 6 N–H and O–H groups in total. The quantitative estimate of drug-likeness (QED) is 0.0149. The second-order valence-corrected chi connectivity index (χ2v) is 21.5. The van der Waals surface area contributed by atoms with Crippen LogP contribution in [0.5, 0.6) is 0 Å². The van der Waals surface area contributed by atoms with Crippen molar-refractivity contribution in [2.24, 2.45) is 0 Å². The topological polar surface area (TPSA) is 175 Å². The molecule has 0 saturated carbocycles. The molecule has 1 aliphatic rings. The Morgan fingerprint density at radius 3 is 1.42 bits per heavy atom. The largest absolute Gasteiger partial charge is 0.454 e. The first-order chi connectivity index (χ1) is 37.7. The zero-order valence-corrected chi connectivity index (χ0v) is 49.1. The van der Waals surface area contributed by atoms with E-state index in [4.69, 9.17) is 14.2 Å². The highest BCUT2D eigenvalue weighted by Gasteiger charge is 2.47. The summed E-state index contributed by atoms with van der Waals surface area (Å²) in [4.78, 5) is 26.5.